The Bertz CT molecular complexity index is 621. The maximum atomic E-state index is 12.1. The number of benzene rings is 2. The van der Waals surface area contributed by atoms with Gasteiger partial charge in [-0.2, -0.15) is 0 Å². The molecule has 0 unspecified atom stereocenters. The number of carbonyl (C=O) groups excluding carboxylic acids is 1. The van der Waals surface area contributed by atoms with Crippen molar-refractivity contribution in [3.63, 3.8) is 0 Å². The zero-order chi connectivity index (χ0) is 15.5. The topological polar surface area (TPSA) is 29.1 Å². The van der Waals surface area contributed by atoms with E-state index in [0.29, 0.717) is 6.42 Å². The first-order valence-electron chi connectivity index (χ1n) is 7.30. The molecule has 2 aromatic rings. The van der Waals surface area contributed by atoms with E-state index in [-0.39, 0.29) is 11.3 Å². The van der Waals surface area contributed by atoms with Gasteiger partial charge < -0.3 is 5.32 Å². The molecule has 0 aliphatic heterocycles. The molecule has 0 bridgehead atoms. The molecule has 0 radical (unpaired) electrons. The molecule has 110 valence electrons. The zero-order valence-corrected chi connectivity index (χ0v) is 13.2. The number of anilines is 1. The quantitative estimate of drug-likeness (QED) is 0.883. The van der Waals surface area contributed by atoms with Gasteiger partial charge in [0.05, 0.1) is 6.42 Å². The van der Waals surface area contributed by atoms with Crippen molar-refractivity contribution in [2.75, 3.05) is 5.32 Å². The Hall–Kier alpha value is -2.09. The molecular weight excluding hydrogens is 258 g/mol. The minimum Gasteiger partial charge on any atom is -0.326 e. The van der Waals surface area contributed by atoms with E-state index < -0.39 is 0 Å². The third-order valence-electron chi connectivity index (χ3n) is 3.48. The summed E-state index contributed by atoms with van der Waals surface area (Å²) in [6.45, 7) is 8.57. The smallest absolute Gasteiger partial charge is 0.228 e. The van der Waals surface area contributed by atoms with Crippen LogP contribution in [0.5, 0.6) is 0 Å². The maximum absolute atomic E-state index is 12.1. The highest BCUT2D eigenvalue weighted by molar-refractivity contribution is 5.92. The molecule has 0 aromatic heterocycles. The van der Waals surface area contributed by atoms with Gasteiger partial charge in [-0.25, -0.2) is 0 Å². The Labute approximate surface area is 127 Å². The average Bonchev–Trinajstić information content (AvgIpc) is 2.38. The lowest BCUT2D eigenvalue weighted by Gasteiger charge is -2.19. The van der Waals surface area contributed by atoms with Crippen LogP contribution in [0.2, 0.25) is 0 Å². The fourth-order valence-electron chi connectivity index (χ4n) is 2.27. The van der Waals surface area contributed by atoms with Gasteiger partial charge in [0.1, 0.15) is 0 Å². The Morgan fingerprint density at radius 3 is 2.29 bits per heavy atom. The van der Waals surface area contributed by atoms with E-state index in [1.165, 1.54) is 11.1 Å². The van der Waals surface area contributed by atoms with E-state index in [9.17, 15) is 4.79 Å². The molecule has 1 N–H and O–H groups in total. The summed E-state index contributed by atoms with van der Waals surface area (Å²) < 4.78 is 0. The number of amides is 1. The summed E-state index contributed by atoms with van der Waals surface area (Å²) in [7, 11) is 0. The van der Waals surface area contributed by atoms with Crippen molar-refractivity contribution in [3.8, 4) is 0 Å². The van der Waals surface area contributed by atoms with Crippen LogP contribution in [0.25, 0.3) is 0 Å². The number of rotatable bonds is 3. The molecule has 0 fully saturated rings. The van der Waals surface area contributed by atoms with Gasteiger partial charge in [0.2, 0.25) is 5.91 Å². The molecule has 1 amide bonds. The predicted molar refractivity (Wildman–Crippen MR) is 88.7 cm³/mol. The van der Waals surface area contributed by atoms with Crippen molar-refractivity contribution in [3.05, 3.63) is 65.2 Å². The lowest BCUT2D eigenvalue weighted by Crippen LogP contribution is -2.15. The minimum atomic E-state index is 0.0177. The molecule has 0 atom stereocenters. The highest BCUT2D eigenvalue weighted by atomic mass is 16.1. The average molecular weight is 281 g/mol. The van der Waals surface area contributed by atoms with Gasteiger partial charge in [-0.3, -0.25) is 4.79 Å². The summed E-state index contributed by atoms with van der Waals surface area (Å²) in [6.07, 6.45) is 0.405. The highest BCUT2D eigenvalue weighted by Crippen LogP contribution is 2.23. The van der Waals surface area contributed by atoms with Crippen molar-refractivity contribution in [1.82, 2.24) is 0 Å². The molecular formula is C19H23NO. The van der Waals surface area contributed by atoms with Crippen LogP contribution >= 0.6 is 0 Å². The Morgan fingerprint density at radius 1 is 1.05 bits per heavy atom. The normalized spacial score (nSPS) is 11.2. The van der Waals surface area contributed by atoms with Crippen LogP contribution in [0, 0.1) is 6.92 Å². The van der Waals surface area contributed by atoms with Crippen LogP contribution in [0.3, 0.4) is 0 Å². The van der Waals surface area contributed by atoms with Crippen molar-refractivity contribution in [2.24, 2.45) is 0 Å². The van der Waals surface area contributed by atoms with E-state index in [0.717, 1.165) is 11.3 Å². The summed E-state index contributed by atoms with van der Waals surface area (Å²) in [6, 6.07) is 16.1. The van der Waals surface area contributed by atoms with Gasteiger partial charge in [-0.1, -0.05) is 62.7 Å². The number of nitrogens with one attached hydrogen (secondary N) is 1. The minimum absolute atomic E-state index is 0.0177. The Kier molecular flexibility index (Phi) is 4.46. The Balaban J connectivity index is 2.00. The largest absolute Gasteiger partial charge is 0.326 e. The fraction of sp³-hybridized carbons (Fsp3) is 0.316. The van der Waals surface area contributed by atoms with Crippen molar-refractivity contribution in [2.45, 2.75) is 39.5 Å². The van der Waals surface area contributed by atoms with E-state index in [2.05, 4.69) is 38.2 Å². The van der Waals surface area contributed by atoms with Crippen LogP contribution in [0.4, 0.5) is 5.69 Å². The summed E-state index contributed by atoms with van der Waals surface area (Å²) in [5.41, 5.74) is 4.46. The summed E-state index contributed by atoms with van der Waals surface area (Å²) in [5.74, 6) is 0.0177. The second kappa shape index (κ2) is 6.13. The van der Waals surface area contributed by atoms with Crippen LogP contribution in [0.1, 0.15) is 37.5 Å². The van der Waals surface area contributed by atoms with Crippen molar-refractivity contribution < 1.29 is 4.79 Å². The highest BCUT2D eigenvalue weighted by Gasteiger charge is 2.13. The first-order valence-corrected chi connectivity index (χ1v) is 7.30. The third kappa shape index (κ3) is 4.45. The summed E-state index contributed by atoms with van der Waals surface area (Å²) >= 11 is 0. The molecule has 2 nitrogen and oxygen atoms in total. The molecule has 2 aromatic carbocycles. The number of aryl methyl sites for hydroxylation is 1. The molecule has 0 saturated heterocycles. The van der Waals surface area contributed by atoms with Crippen LogP contribution in [-0.4, -0.2) is 5.91 Å². The molecule has 2 heteroatoms. The standard InChI is InChI=1S/C19H23NO/c1-14-6-5-7-15(12-14)13-18(21)20-17-10-8-16(9-11-17)19(2,3)4/h5-12H,13H2,1-4H3,(H,20,21). The number of hydrogen-bond acceptors (Lipinski definition) is 1. The second-order valence-electron chi connectivity index (χ2n) is 6.54. The fourth-order valence-corrected chi connectivity index (χ4v) is 2.27. The first kappa shape index (κ1) is 15.3. The lowest BCUT2D eigenvalue weighted by molar-refractivity contribution is -0.115. The van der Waals surface area contributed by atoms with Gasteiger partial charge in [0.15, 0.2) is 0 Å². The van der Waals surface area contributed by atoms with Gasteiger partial charge in [0.25, 0.3) is 0 Å². The van der Waals surface area contributed by atoms with Gasteiger partial charge in [-0.05, 0) is 35.6 Å². The van der Waals surface area contributed by atoms with Crippen LogP contribution in [-0.2, 0) is 16.6 Å². The molecule has 0 heterocycles. The molecule has 0 saturated carbocycles. The SMILES string of the molecule is Cc1cccc(CC(=O)Nc2ccc(C(C)(C)C)cc2)c1. The van der Waals surface area contributed by atoms with Gasteiger partial charge in [-0.15, -0.1) is 0 Å². The molecule has 21 heavy (non-hydrogen) atoms. The van der Waals surface area contributed by atoms with Crippen LogP contribution < -0.4 is 5.32 Å². The molecule has 2 rings (SSSR count). The first-order chi connectivity index (χ1) is 9.84. The van der Waals surface area contributed by atoms with E-state index in [1.807, 2.05) is 43.3 Å². The molecule has 0 aliphatic rings. The lowest BCUT2D eigenvalue weighted by atomic mass is 9.87. The predicted octanol–water partition coefficient (Wildman–Crippen LogP) is 4.47. The molecule has 0 spiro atoms. The summed E-state index contributed by atoms with van der Waals surface area (Å²) in [4.78, 5) is 12.1. The van der Waals surface area contributed by atoms with E-state index >= 15 is 0 Å². The Morgan fingerprint density at radius 2 is 1.71 bits per heavy atom. The third-order valence-corrected chi connectivity index (χ3v) is 3.48. The molecule has 0 aliphatic carbocycles. The maximum Gasteiger partial charge on any atom is 0.228 e. The zero-order valence-electron chi connectivity index (χ0n) is 13.2. The summed E-state index contributed by atoms with van der Waals surface area (Å²) in [5, 5.41) is 2.95. The van der Waals surface area contributed by atoms with Gasteiger partial charge in [0, 0.05) is 5.69 Å². The van der Waals surface area contributed by atoms with Crippen molar-refractivity contribution in [1.29, 1.82) is 0 Å². The van der Waals surface area contributed by atoms with E-state index in [1.54, 1.807) is 0 Å². The van der Waals surface area contributed by atoms with Crippen molar-refractivity contribution >= 4 is 11.6 Å². The number of carbonyl (C=O) groups is 1. The monoisotopic (exact) mass is 281 g/mol. The number of hydrogen-bond donors (Lipinski definition) is 1. The van der Waals surface area contributed by atoms with E-state index in [4.69, 9.17) is 0 Å². The second-order valence-corrected chi connectivity index (χ2v) is 6.54. The van der Waals surface area contributed by atoms with Gasteiger partial charge >= 0.3 is 0 Å². The van der Waals surface area contributed by atoms with Crippen LogP contribution in [0.15, 0.2) is 48.5 Å².